The molecule has 6 heteroatoms. The number of thiophene rings is 1. The second-order valence-corrected chi connectivity index (χ2v) is 9.76. The molecule has 0 aliphatic heterocycles. The second-order valence-electron chi connectivity index (χ2n) is 7.75. The van der Waals surface area contributed by atoms with E-state index in [0.717, 1.165) is 32.0 Å². The first-order valence-electron chi connectivity index (χ1n) is 11.1. The summed E-state index contributed by atoms with van der Waals surface area (Å²) >= 11 is 3.32. The minimum absolute atomic E-state index is 0.245. The van der Waals surface area contributed by atoms with Crippen molar-refractivity contribution in [3.63, 3.8) is 0 Å². The van der Waals surface area contributed by atoms with Crippen LogP contribution in [0.1, 0.15) is 17.4 Å². The van der Waals surface area contributed by atoms with Crippen LogP contribution in [-0.4, -0.2) is 23.8 Å². The molecule has 34 heavy (non-hydrogen) atoms. The Kier molecular flexibility index (Phi) is 8.03. The molecule has 0 aliphatic carbocycles. The van der Waals surface area contributed by atoms with E-state index in [0.29, 0.717) is 13.1 Å². The molecule has 174 valence electrons. The van der Waals surface area contributed by atoms with E-state index in [1.165, 1.54) is 17.0 Å². The molecule has 0 bridgehead atoms. The lowest BCUT2D eigenvalue weighted by atomic mass is 10.0. The van der Waals surface area contributed by atoms with Gasteiger partial charge in [0.05, 0.1) is 6.54 Å². The molecule has 0 spiro atoms. The van der Waals surface area contributed by atoms with Crippen molar-refractivity contribution >= 4 is 29.2 Å². The average molecular weight is 492 g/mol. The van der Waals surface area contributed by atoms with E-state index in [2.05, 4.69) is 36.6 Å². The van der Waals surface area contributed by atoms with Crippen LogP contribution in [0.4, 0.5) is 9.18 Å². The molecular formula is C28H26FNO2S2. The van der Waals surface area contributed by atoms with Crippen LogP contribution in [0.3, 0.4) is 0 Å². The summed E-state index contributed by atoms with van der Waals surface area (Å²) in [5, 5.41) is 0. The Morgan fingerprint density at radius 2 is 1.65 bits per heavy atom. The molecular weight excluding hydrogens is 465 g/mol. The Morgan fingerprint density at radius 3 is 2.29 bits per heavy atom. The number of nitrogens with zero attached hydrogens (tertiary/aromatic N) is 1. The van der Waals surface area contributed by atoms with Gasteiger partial charge in [0.2, 0.25) is 0 Å². The summed E-state index contributed by atoms with van der Waals surface area (Å²) in [6.45, 7) is 3.18. The largest absolute Gasteiger partial charge is 0.445 e. The third-order valence-corrected chi connectivity index (χ3v) is 7.39. The summed E-state index contributed by atoms with van der Waals surface area (Å²) in [4.78, 5) is 17.7. The molecule has 1 amide bonds. The number of rotatable bonds is 8. The highest BCUT2D eigenvalue weighted by Crippen LogP contribution is 2.40. The van der Waals surface area contributed by atoms with Crippen molar-refractivity contribution in [2.24, 2.45) is 0 Å². The third kappa shape index (κ3) is 5.88. The molecule has 0 saturated heterocycles. The van der Waals surface area contributed by atoms with Gasteiger partial charge in [0, 0.05) is 26.8 Å². The summed E-state index contributed by atoms with van der Waals surface area (Å²) in [5.74, 6) is -0.260. The monoisotopic (exact) mass is 491 g/mol. The summed E-state index contributed by atoms with van der Waals surface area (Å²) in [6, 6.07) is 26.8. The van der Waals surface area contributed by atoms with Crippen molar-refractivity contribution in [3.8, 4) is 21.6 Å². The summed E-state index contributed by atoms with van der Waals surface area (Å²) in [5.41, 5.74) is 4.08. The van der Waals surface area contributed by atoms with Gasteiger partial charge >= 0.3 is 6.09 Å². The van der Waals surface area contributed by atoms with Crippen LogP contribution in [0.25, 0.3) is 21.6 Å². The highest BCUT2D eigenvalue weighted by Gasteiger charge is 2.18. The van der Waals surface area contributed by atoms with Gasteiger partial charge in [-0.15, -0.1) is 23.1 Å². The molecule has 0 unspecified atom stereocenters. The second kappa shape index (κ2) is 11.4. The minimum atomic E-state index is -0.339. The molecule has 4 rings (SSSR count). The maximum Gasteiger partial charge on any atom is 0.410 e. The number of carbonyl (C=O) groups is 1. The van der Waals surface area contributed by atoms with Gasteiger partial charge in [-0.25, -0.2) is 9.18 Å². The van der Waals surface area contributed by atoms with Gasteiger partial charge in [-0.3, -0.25) is 0 Å². The zero-order chi connectivity index (χ0) is 23.9. The zero-order valence-corrected chi connectivity index (χ0v) is 20.8. The van der Waals surface area contributed by atoms with Gasteiger partial charge in [-0.05, 0) is 60.2 Å². The van der Waals surface area contributed by atoms with Gasteiger partial charge in [-0.1, -0.05) is 54.6 Å². The number of thioether (sulfide) groups is 1. The minimum Gasteiger partial charge on any atom is -0.445 e. The highest BCUT2D eigenvalue weighted by molar-refractivity contribution is 7.98. The highest BCUT2D eigenvalue weighted by atomic mass is 32.2. The van der Waals surface area contributed by atoms with Gasteiger partial charge in [-0.2, -0.15) is 0 Å². The van der Waals surface area contributed by atoms with Gasteiger partial charge in [0.1, 0.15) is 12.4 Å². The van der Waals surface area contributed by atoms with Crippen molar-refractivity contribution in [1.29, 1.82) is 0 Å². The van der Waals surface area contributed by atoms with Gasteiger partial charge < -0.3 is 9.64 Å². The fourth-order valence-electron chi connectivity index (χ4n) is 3.62. The number of ether oxygens (including phenoxy) is 1. The van der Waals surface area contributed by atoms with Crippen LogP contribution in [0.5, 0.6) is 0 Å². The maximum atomic E-state index is 13.6. The standard InChI is InChI=1S/C28H26FNO2S2/c1-3-30(28(31)32-19-20-7-5-4-6-8-20)18-25-17-26(21-11-15-24(33-2)16-12-21)27(34-25)22-9-13-23(29)14-10-22/h4-17H,3,18-19H2,1-2H3. The normalized spacial score (nSPS) is 10.8. The lowest BCUT2D eigenvalue weighted by Gasteiger charge is -2.19. The van der Waals surface area contributed by atoms with E-state index in [9.17, 15) is 9.18 Å². The van der Waals surface area contributed by atoms with Crippen LogP contribution < -0.4 is 0 Å². The van der Waals surface area contributed by atoms with Crippen molar-refractivity contribution in [2.75, 3.05) is 12.8 Å². The van der Waals surface area contributed by atoms with Crippen LogP contribution in [-0.2, 0) is 17.9 Å². The number of amides is 1. The Bertz CT molecular complexity index is 1220. The lowest BCUT2D eigenvalue weighted by Crippen LogP contribution is -2.30. The first-order chi connectivity index (χ1) is 16.6. The molecule has 0 fully saturated rings. The molecule has 0 saturated carbocycles. The maximum absolute atomic E-state index is 13.6. The summed E-state index contributed by atoms with van der Waals surface area (Å²) in [6.07, 6.45) is 1.71. The fraction of sp³-hybridized carbons (Fsp3) is 0.179. The van der Waals surface area contributed by atoms with Crippen molar-refractivity contribution in [1.82, 2.24) is 4.90 Å². The van der Waals surface area contributed by atoms with Crippen molar-refractivity contribution in [2.45, 2.75) is 25.0 Å². The van der Waals surface area contributed by atoms with Crippen molar-refractivity contribution < 1.29 is 13.9 Å². The van der Waals surface area contributed by atoms with E-state index >= 15 is 0 Å². The topological polar surface area (TPSA) is 29.5 Å². The average Bonchev–Trinajstić information content (AvgIpc) is 3.30. The Morgan fingerprint density at radius 1 is 0.971 bits per heavy atom. The first-order valence-corrected chi connectivity index (χ1v) is 13.1. The zero-order valence-electron chi connectivity index (χ0n) is 19.2. The molecule has 0 N–H and O–H groups in total. The number of carbonyl (C=O) groups excluding carboxylic acids is 1. The van der Waals surface area contributed by atoms with Gasteiger partial charge in [0.25, 0.3) is 0 Å². The van der Waals surface area contributed by atoms with Crippen LogP contribution in [0.2, 0.25) is 0 Å². The fourth-order valence-corrected chi connectivity index (χ4v) is 5.23. The van der Waals surface area contributed by atoms with E-state index in [1.54, 1.807) is 40.1 Å². The first kappa shape index (κ1) is 24.0. The van der Waals surface area contributed by atoms with Crippen LogP contribution in [0, 0.1) is 5.82 Å². The predicted molar refractivity (Wildman–Crippen MR) is 140 cm³/mol. The molecule has 0 atom stereocenters. The van der Waals surface area contributed by atoms with Crippen LogP contribution in [0.15, 0.2) is 89.8 Å². The molecule has 3 nitrogen and oxygen atoms in total. The SMILES string of the molecule is CCN(Cc1cc(-c2ccc(SC)cc2)c(-c2ccc(F)cc2)s1)C(=O)OCc1ccccc1. The van der Waals surface area contributed by atoms with Crippen molar-refractivity contribution in [3.05, 3.63) is 101 Å². The van der Waals surface area contributed by atoms with E-state index in [-0.39, 0.29) is 18.5 Å². The quantitative estimate of drug-likeness (QED) is 0.233. The van der Waals surface area contributed by atoms with Crippen LogP contribution >= 0.6 is 23.1 Å². The molecule has 4 aromatic rings. The molecule has 0 radical (unpaired) electrons. The number of hydrogen-bond acceptors (Lipinski definition) is 4. The molecule has 3 aromatic carbocycles. The van der Waals surface area contributed by atoms with E-state index in [4.69, 9.17) is 4.74 Å². The van der Waals surface area contributed by atoms with E-state index < -0.39 is 0 Å². The Balaban J connectivity index is 1.59. The third-order valence-electron chi connectivity index (χ3n) is 5.48. The Labute approximate surface area is 208 Å². The number of benzene rings is 3. The predicted octanol–water partition coefficient (Wildman–Crippen LogP) is 8.10. The molecule has 1 heterocycles. The van der Waals surface area contributed by atoms with E-state index in [1.807, 2.05) is 37.3 Å². The Hall–Kier alpha value is -3.09. The lowest BCUT2D eigenvalue weighted by molar-refractivity contribution is 0.0960. The number of hydrogen-bond donors (Lipinski definition) is 0. The summed E-state index contributed by atoms with van der Waals surface area (Å²) in [7, 11) is 0. The van der Waals surface area contributed by atoms with Gasteiger partial charge in [0.15, 0.2) is 0 Å². The number of halogens is 1. The summed E-state index contributed by atoms with van der Waals surface area (Å²) < 4.78 is 19.1. The molecule has 0 aliphatic rings. The smallest absolute Gasteiger partial charge is 0.410 e. The molecule has 1 aromatic heterocycles.